The molecular weight excluding hydrogens is 332 g/mol. The van der Waals surface area contributed by atoms with Crippen LogP contribution in [-0.4, -0.2) is 52.9 Å². The summed E-state index contributed by atoms with van der Waals surface area (Å²) < 4.78 is 4.27. The van der Waals surface area contributed by atoms with E-state index in [1.165, 1.54) is 22.9 Å². The lowest BCUT2D eigenvalue weighted by molar-refractivity contribution is -0.117. The van der Waals surface area contributed by atoms with Crippen LogP contribution in [0, 0.1) is 18.3 Å². The van der Waals surface area contributed by atoms with Gasteiger partial charge in [-0.25, -0.2) is 4.98 Å². The van der Waals surface area contributed by atoms with E-state index in [2.05, 4.69) is 30.5 Å². The molecule has 23 heavy (non-hydrogen) atoms. The molecule has 7 nitrogen and oxygen atoms in total. The number of carbonyl (C=O) groups is 1. The average molecular weight is 348 g/mol. The predicted octanol–water partition coefficient (Wildman–Crippen LogP) is 1.54. The topological polar surface area (TPSA) is 85.2 Å². The van der Waals surface area contributed by atoms with Gasteiger partial charge in [0.15, 0.2) is 5.13 Å². The Morgan fingerprint density at radius 3 is 2.87 bits per heavy atom. The average Bonchev–Trinajstić information content (AvgIpc) is 3.17. The van der Waals surface area contributed by atoms with Crippen molar-refractivity contribution in [3.8, 4) is 6.07 Å². The molecule has 0 spiro atoms. The summed E-state index contributed by atoms with van der Waals surface area (Å²) in [5, 5.41) is 15.4. The van der Waals surface area contributed by atoms with Crippen molar-refractivity contribution in [2.24, 2.45) is 0 Å². The molecule has 0 radical (unpaired) electrons. The van der Waals surface area contributed by atoms with Gasteiger partial charge in [-0.1, -0.05) is 0 Å². The molecule has 1 aliphatic rings. The number of hydrogen-bond acceptors (Lipinski definition) is 8. The predicted molar refractivity (Wildman–Crippen MR) is 91.0 cm³/mol. The molecule has 2 aromatic rings. The van der Waals surface area contributed by atoms with E-state index in [1.54, 1.807) is 6.20 Å². The molecule has 3 heterocycles. The minimum Gasteiger partial charge on any atom is -0.359 e. The first-order valence-corrected chi connectivity index (χ1v) is 8.85. The van der Waals surface area contributed by atoms with Crippen LogP contribution in [0.2, 0.25) is 0 Å². The normalized spacial score (nSPS) is 15.4. The highest BCUT2D eigenvalue weighted by Crippen LogP contribution is 2.28. The SMILES string of the molecule is Cc1nsc(N2CCN(CC(=O)Nc3nccs3)CC2)c1C#N. The van der Waals surface area contributed by atoms with Crippen LogP contribution in [0.3, 0.4) is 0 Å². The van der Waals surface area contributed by atoms with Crippen LogP contribution in [0.15, 0.2) is 11.6 Å². The number of nitrogens with zero attached hydrogens (tertiary/aromatic N) is 5. The smallest absolute Gasteiger partial charge is 0.240 e. The first kappa shape index (κ1) is 15.9. The lowest BCUT2D eigenvalue weighted by Gasteiger charge is -2.34. The van der Waals surface area contributed by atoms with E-state index in [0.29, 0.717) is 17.2 Å². The molecule has 1 N–H and O–H groups in total. The quantitative estimate of drug-likeness (QED) is 0.902. The van der Waals surface area contributed by atoms with Crippen LogP contribution in [0.4, 0.5) is 10.1 Å². The van der Waals surface area contributed by atoms with Crippen molar-refractivity contribution in [1.82, 2.24) is 14.3 Å². The molecule has 1 amide bonds. The van der Waals surface area contributed by atoms with E-state index in [1.807, 2.05) is 12.3 Å². The fourth-order valence-electron chi connectivity index (χ4n) is 2.46. The van der Waals surface area contributed by atoms with Crippen LogP contribution < -0.4 is 10.2 Å². The third-order valence-electron chi connectivity index (χ3n) is 3.66. The minimum atomic E-state index is -0.0419. The highest BCUT2D eigenvalue weighted by atomic mass is 32.1. The first-order chi connectivity index (χ1) is 11.2. The van der Waals surface area contributed by atoms with E-state index in [0.717, 1.165) is 36.9 Å². The Kier molecular flexibility index (Phi) is 4.85. The van der Waals surface area contributed by atoms with E-state index < -0.39 is 0 Å². The molecule has 3 rings (SSSR count). The molecule has 0 saturated carbocycles. The van der Waals surface area contributed by atoms with Crippen molar-refractivity contribution in [2.75, 3.05) is 42.9 Å². The lowest BCUT2D eigenvalue weighted by atomic mass is 10.2. The molecule has 0 aromatic carbocycles. The number of nitrogens with one attached hydrogen (secondary N) is 1. The standard InChI is InChI=1S/C14H16N6OS2/c1-10-11(8-15)13(23-18-10)20-5-3-19(4-6-20)9-12(21)17-14-16-2-7-22-14/h2,7H,3-6,9H2,1H3,(H,16,17,21). The van der Waals surface area contributed by atoms with Crippen molar-refractivity contribution in [2.45, 2.75) is 6.92 Å². The number of aryl methyl sites for hydroxylation is 1. The number of thiazole rings is 1. The zero-order valence-corrected chi connectivity index (χ0v) is 14.3. The van der Waals surface area contributed by atoms with Gasteiger partial charge in [-0.3, -0.25) is 9.69 Å². The van der Waals surface area contributed by atoms with Crippen LogP contribution in [0.25, 0.3) is 0 Å². The Hall–Kier alpha value is -2.02. The van der Waals surface area contributed by atoms with Crippen molar-refractivity contribution in [3.63, 3.8) is 0 Å². The fraction of sp³-hybridized carbons (Fsp3) is 0.429. The van der Waals surface area contributed by atoms with E-state index in [4.69, 9.17) is 0 Å². The molecule has 2 aromatic heterocycles. The highest BCUT2D eigenvalue weighted by molar-refractivity contribution is 7.13. The highest BCUT2D eigenvalue weighted by Gasteiger charge is 2.23. The maximum absolute atomic E-state index is 12.0. The molecule has 0 aliphatic carbocycles. The number of rotatable bonds is 4. The third kappa shape index (κ3) is 3.67. The first-order valence-electron chi connectivity index (χ1n) is 7.20. The van der Waals surface area contributed by atoms with E-state index in [-0.39, 0.29) is 5.91 Å². The lowest BCUT2D eigenvalue weighted by Crippen LogP contribution is -2.48. The fourth-order valence-corrected chi connectivity index (χ4v) is 3.90. The van der Waals surface area contributed by atoms with Gasteiger partial charge in [0.05, 0.1) is 12.2 Å². The molecule has 1 saturated heterocycles. The second-order valence-corrected chi connectivity index (χ2v) is 6.85. The molecule has 0 atom stereocenters. The molecule has 120 valence electrons. The van der Waals surface area contributed by atoms with E-state index >= 15 is 0 Å². The van der Waals surface area contributed by atoms with Crippen LogP contribution in [0.1, 0.15) is 11.3 Å². The van der Waals surface area contributed by atoms with Gasteiger partial charge in [0.1, 0.15) is 16.6 Å². The van der Waals surface area contributed by atoms with Crippen LogP contribution >= 0.6 is 22.9 Å². The number of nitriles is 1. The molecule has 0 bridgehead atoms. The summed E-state index contributed by atoms with van der Waals surface area (Å²) in [5.41, 5.74) is 1.46. The summed E-state index contributed by atoms with van der Waals surface area (Å²) in [5.74, 6) is -0.0419. The summed E-state index contributed by atoms with van der Waals surface area (Å²) in [4.78, 5) is 20.3. The van der Waals surface area contributed by atoms with Crippen molar-refractivity contribution >= 4 is 38.9 Å². The minimum absolute atomic E-state index is 0.0419. The Bertz CT molecular complexity index is 712. The second kappa shape index (κ2) is 7.04. The van der Waals surface area contributed by atoms with Crippen LogP contribution in [-0.2, 0) is 4.79 Å². The maximum atomic E-state index is 12.0. The number of amides is 1. The number of piperazine rings is 1. The summed E-state index contributed by atoms with van der Waals surface area (Å²) in [6.45, 7) is 5.37. The zero-order valence-electron chi connectivity index (χ0n) is 12.7. The Morgan fingerprint density at radius 2 is 2.22 bits per heavy atom. The summed E-state index contributed by atoms with van der Waals surface area (Å²) in [6, 6.07) is 2.23. The number of hydrogen-bond donors (Lipinski definition) is 1. The van der Waals surface area contributed by atoms with Gasteiger partial charge in [0, 0.05) is 37.8 Å². The van der Waals surface area contributed by atoms with Gasteiger partial charge in [0.2, 0.25) is 5.91 Å². The molecule has 1 fully saturated rings. The van der Waals surface area contributed by atoms with Gasteiger partial charge in [-0.15, -0.1) is 11.3 Å². The summed E-state index contributed by atoms with van der Waals surface area (Å²) >= 11 is 2.79. The van der Waals surface area contributed by atoms with Crippen molar-refractivity contribution in [1.29, 1.82) is 5.26 Å². The summed E-state index contributed by atoms with van der Waals surface area (Å²) in [6.07, 6.45) is 1.67. The zero-order chi connectivity index (χ0) is 16.2. The monoisotopic (exact) mass is 348 g/mol. The van der Waals surface area contributed by atoms with Crippen LogP contribution in [0.5, 0.6) is 0 Å². The van der Waals surface area contributed by atoms with Gasteiger partial charge in [0.25, 0.3) is 0 Å². The van der Waals surface area contributed by atoms with Gasteiger partial charge >= 0.3 is 0 Å². The molecule has 1 aliphatic heterocycles. The maximum Gasteiger partial charge on any atom is 0.240 e. The number of aromatic nitrogens is 2. The van der Waals surface area contributed by atoms with Crippen molar-refractivity contribution < 1.29 is 4.79 Å². The Balaban J connectivity index is 1.52. The number of anilines is 2. The largest absolute Gasteiger partial charge is 0.359 e. The molecule has 9 heteroatoms. The van der Waals surface area contributed by atoms with Crippen molar-refractivity contribution in [3.05, 3.63) is 22.8 Å². The van der Waals surface area contributed by atoms with Gasteiger partial charge in [-0.05, 0) is 18.5 Å². The molecular formula is C14H16N6OS2. The van der Waals surface area contributed by atoms with Gasteiger partial charge in [-0.2, -0.15) is 9.64 Å². The summed E-state index contributed by atoms with van der Waals surface area (Å²) in [7, 11) is 0. The second-order valence-electron chi connectivity index (χ2n) is 5.21. The van der Waals surface area contributed by atoms with E-state index in [9.17, 15) is 10.1 Å². The third-order valence-corrected chi connectivity index (χ3v) is 5.35. The molecule has 0 unspecified atom stereocenters. The Morgan fingerprint density at radius 1 is 1.43 bits per heavy atom. The number of carbonyl (C=O) groups excluding carboxylic acids is 1. The Labute approximate surface area is 142 Å². The van der Waals surface area contributed by atoms with Gasteiger partial charge < -0.3 is 10.2 Å².